The van der Waals surface area contributed by atoms with Gasteiger partial charge in [0.25, 0.3) is 5.91 Å². The number of hydrogen-bond donors (Lipinski definition) is 2. The summed E-state index contributed by atoms with van der Waals surface area (Å²) in [6, 6.07) is 2.71. The maximum absolute atomic E-state index is 13.0. The van der Waals surface area contributed by atoms with Crippen molar-refractivity contribution in [3.63, 3.8) is 0 Å². The summed E-state index contributed by atoms with van der Waals surface area (Å²) < 4.78 is 25.9. The molecule has 0 atom stereocenters. The summed E-state index contributed by atoms with van der Waals surface area (Å²) in [6.45, 7) is 4.13. The summed E-state index contributed by atoms with van der Waals surface area (Å²) in [7, 11) is 0. The van der Waals surface area contributed by atoms with Crippen molar-refractivity contribution < 1.29 is 13.6 Å². The lowest BCUT2D eigenvalue weighted by molar-refractivity contribution is 0.0941. The highest BCUT2D eigenvalue weighted by molar-refractivity contribution is 5.94. The highest BCUT2D eigenvalue weighted by Gasteiger charge is 2.21. The molecule has 1 aromatic carbocycles. The molecule has 1 rings (SSSR count). The Morgan fingerprint density at radius 2 is 1.72 bits per heavy atom. The first kappa shape index (κ1) is 14.6. The SMILES string of the molecule is CCC(N)(CC)CNC(=O)c1cc(F)cc(F)c1. The van der Waals surface area contributed by atoms with Crippen LogP contribution in [0.1, 0.15) is 37.0 Å². The van der Waals surface area contributed by atoms with Crippen LogP contribution < -0.4 is 11.1 Å². The first-order valence-corrected chi connectivity index (χ1v) is 5.93. The van der Waals surface area contributed by atoms with Gasteiger partial charge in [0.2, 0.25) is 0 Å². The average molecular weight is 256 g/mol. The maximum Gasteiger partial charge on any atom is 0.251 e. The number of nitrogens with one attached hydrogen (secondary N) is 1. The number of amides is 1. The number of rotatable bonds is 5. The molecule has 3 nitrogen and oxygen atoms in total. The third-order valence-corrected chi connectivity index (χ3v) is 3.13. The van der Waals surface area contributed by atoms with E-state index in [1.165, 1.54) is 0 Å². The molecule has 0 aromatic heterocycles. The third-order valence-electron chi connectivity index (χ3n) is 3.13. The smallest absolute Gasteiger partial charge is 0.251 e. The van der Waals surface area contributed by atoms with E-state index in [9.17, 15) is 13.6 Å². The Morgan fingerprint density at radius 3 is 2.17 bits per heavy atom. The Bertz CT molecular complexity index is 411. The number of carbonyl (C=O) groups excluding carboxylic acids is 1. The minimum atomic E-state index is -0.773. The van der Waals surface area contributed by atoms with Gasteiger partial charge in [-0.25, -0.2) is 8.78 Å². The second-order valence-corrected chi connectivity index (χ2v) is 4.41. The fraction of sp³-hybridized carbons (Fsp3) is 0.462. The van der Waals surface area contributed by atoms with Crippen molar-refractivity contribution >= 4 is 5.91 Å². The fourth-order valence-electron chi connectivity index (χ4n) is 1.54. The molecule has 100 valence electrons. The number of nitrogens with two attached hydrogens (primary N) is 1. The highest BCUT2D eigenvalue weighted by atomic mass is 19.1. The van der Waals surface area contributed by atoms with Gasteiger partial charge < -0.3 is 11.1 Å². The van der Waals surface area contributed by atoms with E-state index in [1.54, 1.807) is 0 Å². The lowest BCUT2D eigenvalue weighted by Gasteiger charge is -2.26. The van der Waals surface area contributed by atoms with Crippen molar-refractivity contribution in [3.05, 3.63) is 35.4 Å². The second-order valence-electron chi connectivity index (χ2n) is 4.41. The Hall–Kier alpha value is -1.49. The minimum absolute atomic E-state index is 0.0398. The Kier molecular flexibility index (Phi) is 4.78. The van der Waals surface area contributed by atoms with Crippen LogP contribution in [0, 0.1) is 11.6 Å². The third kappa shape index (κ3) is 3.77. The van der Waals surface area contributed by atoms with Crippen LogP contribution in [0.3, 0.4) is 0 Å². The number of hydrogen-bond acceptors (Lipinski definition) is 2. The zero-order valence-electron chi connectivity index (χ0n) is 10.6. The van der Waals surface area contributed by atoms with Crippen LogP contribution in [0.4, 0.5) is 8.78 Å². The van der Waals surface area contributed by atoms with Crippen LogP contribution in [0.2, 0.25) is 0 Å². The summed E-state index contributed by atoms with van der Waals surface area (Å²) in [4.78, 5) is 11.7. The van der Waals surface area contributed by atoms with Gasteiger partial charge in [-0.2, -0.15) is 0 Å². The van der Waals surface area contributed by atoms with Crippen LogP contribution >= 0.6 is 0 Å². The molecule has 0 spiro atoms. The molecular weight excluding hydrogens is 238 g/mol. The number of benzene rings is 1. The summed E-state index contributed by atoms with van der Waals surface area (Å²) in [6.07, 6.45) is 1.42. The van der Waals surface area contributed by atoms with Gasteiger partial charge >= 0.3 is 0 Å². The zero-order chi connectivity index (χ0) is 13.8. The van der Waals surface area contributed by atoms with E-state index < -0.39 is 23.1 Å². The van der Waals surface area contributed by atoms with Crippen LogP contribution in [0.25, 0.3) is 0 Å². The number of halogens is 2. The molecule has 1 aromatic rings. The standard InChI is InChI=1S/C13H18F2N2O/c1-3-13(16,4-2)8-17-12(18)9-5-10(14)7-11(15)6-9/h5-7H,3-4,8,16H2,1-2H3,(H,17,18). The molecule has 5 heteroatoms. The molecule has 0 aliphatic carbocycles. The molecule has 0 heterocycles. The van der Waals surface area contributed by atoms with Crippen molar-refractivity contribution in [1.29, 1.82) is 0 Å². The number of carbonyl (C=O) groups is 1. The fourth-order valence-corrected chi connectivity index (χ4v) is 1.54. The van der Waals surface area contributed by atoms with Gasteiger partial charge in [-0.15, -0.1) is 0 Å². The van der Waals surface area contributed by atoms with Crippen LogP contribution in [0.5, 0.6) is 0 Å². The van der Waals surface area contributed by atoms with Crippen LogP contribution in [-0.2, 0) is 0 Å². The molecule has 0 fully saturated rings. The van der Waals surface area contributed by atoms with Gasteiger partial charge in [-0.1, -0.05) is 13.8 Å². The van der Waals surface area contributed by atoms with E-state index in [0.29, 0.717) is 12.8 Å². The van der Waals surface area contributed by atoms with Crippen molar-refractivity contribution in [1.82, 2.24) is 5.32 Å². The van der Waals surface area contributed by atoms with Gasteiger partial charge in [-0.05, 0) is 25.0 Å². The van der Waals surface area contributed by atoms with E-state index in [-0.39, 0.29) is 12.1 Å². The van der Waals surface area contributed by atoms with Gasteiger partial charge in [-0.3, -0.25) is 4.79 Å². The molecule has 0 bridgehead atoms. The van der Waals surface area contributed by atoms with E-state index in [2.05, 4.69) is 5.32 Å². The highest BCUT2D eigenvalue weighted by Crippen LogP contribution is 2.11. The molecule has 0 radical (unpaired) electrons. The molecule has 0 saturated carbocycles. The molecule has 0 unspecified atom stereocenters. The maximum atomic E-state index is 13.0. The molecular formula is C13H18F2N2O. The van der Waals surface area contributed by atoms with Crippen molar-refractivity contribution in [3.8, 4) is 0 Å². The van der Waals surface area contributed by atoms with E-state index in [1.807, 2.05) is 13.8 Å². The molecule has 0 saturated heterocycles. The van der Waals surface area contributed by atoms with Crippen molar-refractivity contribution in [2.75, 3.05) is 6.54 Å². The molecule has 0 aliphatic heterocycles. The first-order chi connectivity index (χ1) is 8.40. The van der Waals surface area contributed by atoms with E-state index in [0.717, 1.165) is 18.2 Å². The Labute approximate surface area is 105 Å². The topological polar surface area (TPSA) is 55.1 Å². The molecule has 18 heavy (non-hydrogen) atoms. The predicted octanol–water partition coefficient (Wildman–Crippen LogP) is 2.21. The van der Waals surface area contributed by atoms with Crippen molar-refractivity contribution in [2.45, 2.75) is 32.2 Å². The Balaban J connectivity index is 2.71. The van der Waals surface area contributed by atoms with Crippen LogP contribution in [-0.4, -0.2) is 18.0 Å². The summed E-state index contributed by atoms with van der Waals surface area (Å²) in [5.74, 6) is -2.07. The second kappa shape index (κ2) is 5.91. The van der Waals surface area contributed by atoms with Crippen LogP contribution in [0.15, 0.2) is 18.2 Å². The molecule has 0 aliphatic rings. The van der Waals surface area contributed by atoms with E-state index in [4.69, 9.17) is 5.73 Å². The molecule has 1 amide bonds. The molecule has 3 N–H and O–H groups in total. The first-order valence-electron chi connectivity index (χ1n) is 5.93. The quantitative estimate of drug-likeness (QED) is 0.848. The lowest BCUT2D eigenvalue weighted by Crippen LogP contribution is -2.49. The largest absolute Gasteiger partial charge is 0.350 e. The minimum Gasteiger partial charge on any atom is -0.350 e. The van der Waals surface area contributed by atoms with Crippen molar-refractivity contribution in [2.24, 2.45) is 5.73 Å². The summed E-state index contributed by atoms with van der Waals surface area (Å²) in [5.41, 5.74) is 5.50. The summed E-state index contributed by atoms with van der Waals surface area (Å²) in [5, 5.41) is 2.60. The lowest BCUT2D eigenvalue weighted by atomic mass is 9.94. The monoisotopic (exact) mass is 256 g/mol. The average Bonchev–Trinajstić information content (AvgIpc) is 2.34. The van der Waals surface area contributed by atoms with Gasteiger partial charge in [0.1, 0.15) is 11.6 Å². The van der Waals surface area contributed by atoms with Gasteiger partial charge in [0, 0.05) is 23.7 Å². The van der Waals surface area contributed by atoms with Gasteiger partial charge in [0.05, 0.1) is 0 Å². The summed E-state index contributed by atoms with van der Waals surface area (Å²) >= 11 is 0. The Morgan fingerprint density at radius 1 is 1.22 bits per heavy atom. The zero-order valence-corrected chi connectivity index (χ0v) is 10.6. The van der Waals surface area contributed by atoms with Gasteiger partial charge in [0.15, 0.2) is 0 Å². The normalized spacial score (nSPS) is 11.4. The predicted molar refractivity (Wildman–Crippen MR) is 66.2 cm³/mol. The van der Waals surface area contributed by atoms with E-state index >= 15 is 0 Å².